The number of carbonyl (C=O) groups excluding carboxylic acids is 1. The predicted molar refractivity (Wildman–Crippen MR) is 109 cm³/mol. The lowest BCUT2D eigenvalue weighted by atomic mass is 10.2. The summed E-state index contributed by atoms with van der Waals surface area (Å²) in [5.74, 6) is 0.417. The number of hydrogen-bond donors (Lipinski definition) is 1. The normalized spacial score (nSPS) is 14.3. The van der Waals surface area contributed by atoms with Gasteiger partial charge in [-0.25, -0.2) is 9.48 Å². The van der Waals surface area contributed by atoms with Crippen molar-refractivity contribution < 1.29 is 4.79 Å². The van der Waals surface area contributed by atoms with Gasteiger partial charge in [0.15, 0.2) is 0 Å². The molecule has 0 aliphatic carbocycles. The van der Waals surface area contributed by atoms with Gasteiger partial charge in [0.2, 0.25) is 0 Å². The van der Waals surface area contributed by atoms with Crippen molar-refractivity contribution in [1.29, 1.82) is 0 Å². The van der Waals surface area contributed by atoms with E-state index in [-0.39, 0.29) is 11.5 Å². The standard InChI is InChI=1S/C20H22N6O3/c1-14-16(13-21-26(14)15-6-4-3-5-7-15)19(28)25-10-8-24(9-11-25)17-12-18(27)23(2)20(29)22-17/h3-7,12-13H,8-11H2,1-2H3,(H,22,29). The topological polar surface area (TPSA) is 96.2 Å². The first-order valence-electron chi connectivity index (χ1n) is 9.40. The third-order valence-electron chi connectivity index (χ3n) is 5.28. The molecule has 1 fully saturated rings. The minimum absolute atomic E-state index is 0.0678. The van der Waals surface area contributed by atoms with E-state index in [9.17, 15) is 14.4 Å². The summed E-state index contributed by atoms with van der Waals surface area (Å²) in [6.07, 6.45) is 1.61. The number of rotatable bonds is 3. The van der Waals surface area contributed by atoms with Gasteiger partial charge in [0.1, 0.15) is 5.82 Å². The number of aromatic nitrogens is 4. The lowest BCUT2D eigenvalue weighted by molar-refractivity contribution is 0.0745. The zero-order chi connectivity index (χ0) is 20.5. The van der Waals surface area contributed by atoms with Crippen LogP contribution in [0.4, 0.5) is 5.82 Å². The SMILES string of the molecule is Cc1c(C(=O)N2CCN(c3cc(=O)n(C)c(=O)[nH]3)CC2)cnn1-c1ccccc1. The fourth-order valence-electron chi connectivity index (χ4n) is 3.48. The number of amides is 1. The maximum absolute atomic E-state index is 13.0. The summed E-state index contributed by atoms with van der Waals surface area (Å²) in [5, 5.41) is 4.37. The van der Waals surface area contributed by atoms with Crippen molar-refractivity contribution >= 4 is 11.7 Å². The average Bonchev–Trinajstić information content (AvgIpc) is 3.13. The molecule has 0 unspecified atom stereocenters. The predicted octanol–water partition coefficient (Wildman–Crippen LogP) is 0.530. The first-order chi connectivity index (χ1) is 14.0. The van der Waals surface area contributed by atoms with Gasteiger partial charge in [0, 0.05) is 39.3 Å². The number of piperazine rings is 1. The molecule has 0 atom stereocenters. The molecule has 9 nitrogen and oxygen atoms in total. The van der Waals surface area contributed by atoms with Crippen molar-refractivity contribution in [3.63, 3.8) is 0 Å². The summed E-state index contributed by atoms with van der Waals surface area (Å²) in [7, 11) is 1.43. The van der Waals surface area contributed by atoms with E-state index in [0.717, 1.165) is 15.9 Å². The van der Waals surface area contributed by atoms with Crippen LogP contribution in [-0.2, 0) is 7.05 Å². The Morgan fingerprint density at radius 1 is 1.07 bits per heavy atom. The molecule has 2 aromatic heterocycles. The van der Waals surface area contributed by atoms with Gasteiger partial charge in [-0.2, -0.15) is 5.10 Å². The summed E-state index contributed by atoms with van der Waals surface area (Å²) in [5.41, 5.74) is 1.47. The van der Waals surface area contributed by atoms with E-state index < -0.39 is 5.69 Å². The van der Waals surface area contributed by atoms with Crippen molar-refractivity contribution in [1.82, 2.24) is 24.2 Å². The summed E-state index contributed by atoms with van der Waals surface area (Å²) in [6, 6.07) is 11.1. The Morgan fingerprint density at radius 3 is 2.41 bits per heavy atom. The van der Waals surface area contributed by atoms with Crippen LogP contribution < -0.4 is 16.1 Å². The second-order valence-electron chi connectivity index (χ2n) is 7.03. The van der Waals surface area contributed by atoms with E-state index in [2.05, 4.69) is 10.1 Å². The third kappa shape index (κ3) is 3.46. The van der Waals surface area contributed by atoms with Crippen LogP contribution in [0.1, 0.15) is 16.1 Å². The van der Waals surface area contributed by atoms with E-state index >= 15 is 0 Å². The molecule has 4 rings (SSSR count). The smallest absolute Gasteiger partial charge is 0.329 e. The summed E-state index contributed by atoms with van der Waals surface area (Å²) in [6.45, 7) is 3.92. The fraction of sp³-hybridized carbons (Fsp3) is 0.300. The van der Waals surface area contributed by atoms with Crippen LogP contribution in [0.25, 0.3) is 5.69 Å². The monoisotopic (exact) mass is 394 g/mol. The van der Waals surface area contributed by atoms with Crippen LogP contribution in [0.2, 0.25) is 0 Å². The number of aromatic amines is 1. The lowest BCUT2D eigenvalue weighted by Gasteiger charge is -2.35. The lowest BCUT2D eigenvalue weighted by Crippen LogP contribution is -2.50. The molecule has 150 valence electrons. The van der Waals surface area contributed by atoms with Crippen molar-refractivity contribution in [2.75, 3.05) is 31.1 Å². The van der Waals surface area contributed by atoms with Crippen molar-refractivity contribution in [3.05, 3.63) is 74.7 Å². The third-order valence-corrected chi connectivity index (χ3v) is 5.28. The van der Waals surface area contributed by atoms with Crippen LogP contribution in [0.3, 0.4) is 0 Å². The minimum atomic E-state index is -0.449. The van der Waals surface area contributed by atoms with Gasteiger partial charge in [-0.1, -0.05) is 18.2 Å². The summed E-state index contributed by atoms with van der Waals surface area (Å²) in [4.78, 5) is 43.1. The Hall–Kier alpha value is -3.62. The molecule has 1 aliphatic rings. The number of H-pyrrole nitrogens is 1. The van der Waals surface area contributed by atoms with Gasteiger partial charge >= 0.3 is 5.69 Å². The average molecular weight is 394 g/mol. The molecule has 3 heterocycles. The van der Waals surface area contributed by atoms with Crippen molar-refractivity contribution in [3.8, 4) is 5.69 Å². The van der Waals surface area contributed by atoms with Gasteiger partial charge in [0.05, 0.1) is 23.1 Å². The molecule has 9 heteroatoms. The maximum Gasteiger partial charge on any atom is 0.329 e. The Balaban J connectivity index is 1.48. The molecule has 29 heavy (non-hydrogen) atoms. The van der Waals surface area contributed by atoms with Crippen LogP contribution >= 0.6 is 0 Å². The Bertz CT molecular complexity index is 1120. The molecule has 1 amide bonds. The Morgan fingerprint density at radius 2 is 1.76 bits per heavy atom. The number of anilines is 1. The molecule has 1 saturated heterocycles. The van der Waals surface area contributed by atoms with Crippen LogP contribution in [0, 0.1) is 6.92 Å². The highest BCUT2D eigenvalue weighted by atomic mass is 16.2. The second-order valence-corrected chi connectivity index (χ2v) is 7.03. The fourth-order valence-corrected chi connectivity index (χ4v) is 3.48. The number of hydrogen-bond acceptors (Lipinski definition) is 5. The van der Waals surface area contributed by atoms with Gasteiger partial charge < -0.3 is 9.80 Å². The molecular weight excluding hydrogens is 372 g/mol. The van der Waals surface area contributed by atoms with Gasteiger partial charge in [-0.05, 0) is 19.1 Å². The van der Waals surface area contributed by atoms with Gasteiger partial charge in [-0.15, -0.1) is 0 Å². The largest absolute Gasteiger partial charge is 0.354 e. The highest BCUT2D eigenvalue weighted by Gasteiger charge is 2.25. The van der Waals surface area contributed by atoms with E-state index in [0.29, 0.717) is 37.6 Å². The molecule has 3 aromatic rings. The van der Waals surface area contributed by atoms with Gasteiger partial charge in [0.25, 0.3) is 11.5 Å². The molecule has 1 aromatic carbocycles. The molecule has 1 aliphatic heterocycles. The van der Waals surface area contributed by atoms with Crippen molar-refractivity contribution in [2.45, 2.75) is 6.92 Å². The Labute approximate surface area is 166 Å². The van der Waals surface area contributed by atoms with E-state index in [1.807, 2.05) is 42.2 Å². The zero-order valence-electron chi connectivity index (χ0n) is 16.3. The highest BCUT2D eigenvalue weighted by molar-refractivity contribution is 5.95. The number of benzene rings is 1. The van der Waals surface area contributed by atoms with Crippen LogP contribution in [-0.4, -0.2) is 56.3 Å². The quantitative estimate of drug-likeness (QED) is 0.699. The number of nitrogens with one attached hydrogen (secondary N) is 1. The number of para-hydroxylation sites is 1. The minimum Gasteiger partial charge on any atom is -0.354 e. The van der Waals surface area contributed by atoms with E-state index in [1.54, 1.807) is 15.8 Å². The van der Waals surface area contributed by atoms with Crippen LogP contribution in [0.5, 0.6) is 0 Å². The summed E-state index contributed by atoms with van der Waals surface area (Å²) >= 11 is 0. The highest BCUT2D eigenvalue weighted by Crippen LogP contribution is 2.18. The number of nitrogens with zero attached hydrogens (tertiary/aromatic N) is 5. The molecule has 0 saturated carbocycles. The molecule has 0 bridgehead atoms. The molecule has 0 radical (unpaired) electrons. The van der Waals surface area contributed by atoms with E-state index in [4.69, 9.17) is 0 Å². The second kappa shape index (κ2) is 7.42. The first kappa shape index (κ1) is 18.7. The van der Waals surface area contributed by atoms with Gasteiger partial charge in [-0.3, -0.25) is 19.1 Å². The summed E-state index contributed by atoms with van der Waals surface area (Å²) < 4.78 is 2.78. The molecular formula is C20H22N6O3. The maximum atomic E-state index is 13.0. The zero-order valence-corrected chi connectivity index (χ0v) is 16.3. The number of carbonyl (C=O) groups is 1. The molecule has 1 N–H and O–H groups in total. The first-order valence-corrected chi connectivity index (χ1v) is 9.40. The van der Waals surface area contributed by atoms with Crippen LogP contribution in [0.15, 0.2) is 52.2 Å². The molecule has 0 spiro atoms. The Kier molecular flexibility index (Phi) is 4.79. The van der Waals surface area contributed by atoms with E-state index in [1.165, 1.54) is 13.1 Å². The van der Waals surface area contributed by atoms with Crippen molar-refractivity contribution in [2.24, 2.45) is 7.05 Å².